The molecular formula is C13H6BrClF3NO3. The normalized spacial score (nSPS) is 10.8. The Hall–Kier alpha value is -1.80. The number of halogens is 5. The Labute approximate surface area is 135 Å². The molecule has 0 heterocycles. The fraction of sp³-hybridized carbons (Fsp3) is 0.0769. The molecule has 0 aromatic heterocycles. The van der Waals surface area contributed by atoms with Crippen LogP contribution in [0.2, 0.25) is 5.02 Å². The van der Waals surface area contributed by atoms with E-state index in [1.165, 1.54) is 0 Å². The summed E-state index contributed by atoms with van der Waals surface area (Å²) in [5.74, 6) is -1.72. The minimum Gasteiger partial charge on any atom is -0.448 e. The lowest BCUT2D eigenvalue weighted by Crippen LogP contribution is -2.00. The van der Waals surface area contributed by atoms with Crippen molar-refractivity contribution in [2.24, 2.45) is 0 Å². The SMILES string of the molecule is O=[N+]([O-])c1c(Br)ccc(C(F)F)c1Oc1cc(F)ccc1Cl. The Morgan fingerprint density at radius 2 is 1.95 bits per heavy atom. The molecule has 2 rings (SSSR count). The van der Waals surface area contributed by atoms with Crippen molar-refractivity contribution in [3.8, 4) is 11.5 Å². The minimum atomic E-state index is -3.02. The van der Waals surface area contributed by atoms with Crippen molar-refractivity contribution in [1.29, 1.82) is 0 Å². The number of rotatable bonds is 4. The van der Waals surface area contributed by atoms with Crippen molar-refractivity contribution in [3.63, 3.8) is 0 Å². The summed E-state index contributed by atoms with van der Waals surface area (Å²) < 4.78 is 44.4. The van der Waals surface area contributed by atoms with Gasteiger partial charge in [0.1, 0.15) is 11.6 Å². The van der Waals surface area contributed by atoms with Crippen LogP contribution in [-0.4, -0.2) is 4.92 Å². The first-order valence-electron chi connectivity index (χ1n) is 5.69. The highest BCUT2D eigenvalue weighted by Crippen LogP contribution is 2.44. The molecule has 22 heavy (non-hydrogen) atoms. The molecule has 0 fully saturated rings. The maximum absolute atomic E-state index is 13.2. The van der Waals surface area contributed by atoms with E-state index >= 15 is 0 Å². The van der Waals surface area contributed by atoms with Gasteiger partial charge >= 0.3 is 5.69 Å². The number of nitrogens with zero attached hydrogens (tertiary/aromatic N) is 1. The first kappa shape index (κ1) is 16.6. The molecule has 116 valence electrons. The van der Waals surface area contributed by atoms with Gasteiger partial charge in [-0.1, -0.05) is 11.6 Å². The van der Waals surface area contributed by atoms with Gasteiger partial charge in [0.2, 0.25) is 5.75 Å². The molecule has 0 aliphatic carbocycles. The quantitative estimate of drug-likeness (QED) is 0.479. The van der Waals surface area contributed by atoms with E-state index in [1.807, 2.05) is 0 Å². The van der Waals surface area contributed by atoms with E-state index in [0.29, 0.717) is 0 Å². The van der Waals surface area contributed by atoms with Gasteiger partial charge < -0.3 is 4.74 Å². The number of hydrogen-bond donors (Lipinski definition) is 0. The lowest BCUT2D eigenvalue weighted by molar-refractivity contribution is -0.386. The van der Waals surface area contributed by atoms with Crippen LogP contribution in [0.1, 0.15) is 12.0 Å². The number of benzene rings is 2. The van der Waals surface area contributed by atoms with E-state index < -0.39 is 34.2 Å². The molecule has 0 spiro atoms. The first-order valence-corrected chi connectivity index (χ1v) is 6.86. The Morgan fingerprint density at radius 1 is 1.27 bits per heavy atom. The maximum atomic E-state index is 13.2. The van der Waals surface area contributed by atoms with Gasteiger partial charge in [0.25, 0.3) is 6.43 Å². The number of alkyl halides is 2. The highest BCUT2D eigenvalue weighted by atomic mass is 79.9. The summed E-state index contributed by atoms with van der Waals surface area (Å²) in [5, 5.41) is 11.0. The van der Waals surface area contributed by atoms with Gasteiger partial charge in [-0.2, -0.15) is 0 Å². The number of nitro groups is 1. The van der Waals surface area contributed by atoms with Crippen LogP contribution < -0.4 is 4.74 Å². The molecule has 2 aromatic rings. The number of ether oxygens (including phenoxy) is 1. The highest BCUT2D eigenvalue weighted by molar-refractivity contribution is 9.10. The predicted octanol–water partition coefficient (Wildman–Crippen LogP) is 5.88. The van der Waals surface area contributed by atoms with Crippen LogP contribution in [0.3, 0.4) is 0 Å². The molecule has 0 bridgehead atoms. The summed E-state index contributed by atoms with van der Waals surface area (Å²) in [6.07, 6.45) is -3.02. The van der Waals surface area contributed by atoms with Crippen LogP contribution in [0.5, 0.6) is 11.5 Å². The van der Waals surface area contributed by atoms with Gasteiger partial charge in [0, 0.05) is 6.07 Å². The monoisotopic (exact) mass is 395 g/mol. The number of hydrogen-bond acceptors (Lipinski definition) is 3. The largest absolute Gasteiger partial charge is 0.448 e. The Bertz CT molecular complexity index is 743. The van der Waals surface area contributed by atoms with E-state index in [1.54, 1.807) is 0 Å². The predicted molar refractivity (Wildman–Crippen MR) is 77.2 cm³/mol. The third kappa shape index (κ3) is 3.33. The van der Waals surface area contributed by atoms with Crippen LogP contribution >= 0.6 is 27.5 Å². The third-order valence-electron chi connectivity index (χ3n) is 2.64. The fourth-order valence-electron chi connectivity index (χ4n) is 1.68. The van der Waals surface area contributed by atoms with Gasteiger partial charge in [0.15, 0.2) is 0 Å². The average Bonchev–Trinajstić information content (AvgIpc) is 2.42. The molecule has 0 unspecified atom stereocenters. The van der Waals surface area contributed by atoms with E-state index in [2.05, 4.69) is 15.9 Å². The Kier molecular flexibility index (Phi) is 4.92. The van der Waals surface area contributed by atoms with E-state index in [0.717, 1.165) is 30.3 Å². The van der Waals surface area contributed by atoms with Gasteiger partial charge in [0.05, 0.1) is 20.0 Å². The molecule has 0 amide bonds. The summed E-state index contributed by atoms with van der Waals surface area (Å²) in [4.78, 5) is 10.2. The molecule has 9 heteroatoms. The van der Waals surface area contributed by atoms with Crippen molar-refractivity contribution < 1.29 is 22.8 Å². The molecule has 0 radical (unpaired) electrons. The first-order chi connectivity index (χ1) is 10.3. The molecule has 0 saturated heterocycles. The molecular weight excluding hydrogens is 390 g/mol. The van der Waals surface area contributed by atoms with Gasteiger partial charge in [-0.15, -0.1) is 0 Å². The van der Waals surface area contributed by atoms with Gasteiger partial charge in [-0.25, -0.2) is 13.2 Å². The van der Waals surface area contributed by atoms with E-state index in [9.17, 15) is 23.3 Å². The summed E-state index contributed by atoms with van der Waals surface area (Å²) in [5.41, 5.74) is -1.40. The third-order valence-corrected chi connectivity index (χ3v) is 3.59. The molecule has 0 aliphatic rings. The van der Waals surface area contributed by atoms with Crippen LogP contribution in [0, 0.1) is 15.9 Å². The molecule has 0 atom stereocenters. The van der Waals surface area contributed by atoms with Crippen molar-refractivity contribution >= 4 is 33.2 Å². The molecule has 0 saturated carbocycles. The van der Waals surface area contributed by atoms with Crippen molar-refractivity contribution in [2.45, 2.75) is 6.43 Å². The minimum absolute atomic E-state index is 0.0515. The molecule has 4 nitrogen and oxygen atoms in total. The lowest BCUT2D eigenvalue weighted by atomic mass is 10.1. The lowest BCUT2D eigenvalue weighted by Gasteiger charge is -2.13. The average molecular weight is 397 g/mol. The molecule has 0 aliphatic heterocycles. The second-order valence-corrected chi connectivity index (χ2v) is 5.31. The Morgan fingerprint density at radius 3 is 2.55 bits per heavy atom. The van der Waals surface area contributed by atoms with Crippen LogP contribution in [0.4, 0.5) is 18.9 Å². The highest BCUT2D eigenvalue weighted by Gasteiger charge is 2.28. The second kappa shape index (κ2) is 6.53. The summed E-state index contributed by atoms with van der Waals surface area (Å²) >= 11 is 8.69. The fourth-order valence-corrected chi connectivity index (χ4v) is 2.29. The van der Waals surface area contributed by atoms with E-state index in [-0.39, 0.29) is 15.2 Å². The second-order valence-electron chi connectivity index (χ2n) is 4.05. The number of nitro benzene ring substituents is 1. The van der Waals surface area contributed by atoms with Crippen molar-refractivity contribution in [2.75, 3.05) is 0 Å². The molecule has 2 aromatic carbocycles. The van der Waals surface area contributed by atoms with Crippen LogP contribution in [-0.2, 0) is 0 Å². The zero-order chi connectivity index (χ0) is 16.4. The Balaban J connectivity index is 2.64. The smallest absolute Gasteiger partial charge is 0.326 e. The summed E-state index contributed by atoms with van der Waals surface area (Å²) in [6.45, 7) is 0. The van der Waals surface area contributed by atoms with Crippen molar-refractivity contribution in [1.82, 2.24) is 0 Å². The zero-order valence-corrected chi connectivity index (χ0v) is 12.9. The van der Waals surface area contributed by atoms with Crippen LogP contribution in [0.25, 0.3) is 0 Å². The van der Waals surface area contributed by atoms with E-state index in [4.69, 9.17) is 16.3 Å². The van der Waals surface area contributed by atoms with Gasteiger partial charge in [-0.05, 0) is 40.2 Å². The summed E-state index contributed by atoms with van der Waals surface area (Å²) in [7, 11) is 0. The maximum Gasteiger partial charge on any atom is 0.326 e. The molecule has 0 N–H and O–H groups in total. The summed E-state index contributed by atoms with van der Waals surface area (Å²) in [6, 6.07) is 5.13. The van der Waals surface area contributed by atoms with Gasteiger partial charge in [-0.3, -0.25) is 10.1 Å². The topological polar surface area (TPSA) is 52.4 Å². The van der Waals surface area contributed by atoms with Crippen molar-refractivity contribution in [3.05, 3.63) is 61.3 Å². The standard InChI is InChI=1S/C13H6BrClF3NO3/c14-8-3-2-7(13(17)18)12(11(8)19(20)21)22-10-5-6(16)1-4-9(10)15/h1-5,13H. The zero-order valence-electron chi connectivity index (χ0n) is 10.5. The van der Waals surface area contributed by atoms with Crippen LogP contribution in [0.15, 0.2) is 34.8 Å².